The Hall–Kier alpha value is -0.500. The van der Waals surface area contributed by atoms with Crippen LogP contribution in [-0.4, -0.2) is 26.2 Å². The van der Waals surface area contributed by atoms with Crippen molar-refractivity contribution in [2.24, 2.45) is 0 Å². The van der Waals surface area contributed by atoms with Crippen LogP contribution >= 0.6 is 127 Å². The monoisotopic (exact) mass is 1000 g/mol. The lowest BCUT2D eigenvalue weighted by molar-refractivity contribution is -0.140. The molecule has 0 bridgehead atoms. The van der Waals surface area contributed by atoms with E-state index in [1.165, 1.54) is 25.3 Å². The van der Waals surface area contributed by atoms with Crippen molar-refractivity contribution in [2.75, 3.05) is 14.2 Å². The van der Waals surface area contributed by atoms with Crippen LogP contribution in [0.3, 0.4) is 0 Å². The number of carbonyl (C=O) groups is 2. The van der Waals surface area contributed by atoms with Crippen LogP contribution in [0.1, 0.15) is 22.3 Å². The first-order chi connectivity index (χ1) is 21.3. The van der Waals surface area contributed by atoms with E-state index in [4.69, 9.17) is 23.2 Å². The molecule has 0 heterocycles. The van der Waals surface area contributed by atoms with Crippen molar-refractivity contribution in [2.45, 2.75) is 33.7 Å². The molecule has 0 fully saturated rings. The van der Waals surface area contributed by atoms with Crippen LogP contribution in [0.2, 0.25) is 10.0 Å². The van der Waals surface area contributed by atoms with Gasteiger partial charge in [-0.3, -0.25) is 9.59 Å². The summed E-state index contributed by atoms with van der Waals surface area (Å²) in [5, 5.41) is 2.09. The van der Waals surface area contributed by atoms with Crippen LogP contribution in [0.4, 0.5) is 0 Å². The number of esters is 2. The quantitative estimate of drug-likeness (QED) is 0.0825. The number of methoxy groups -OCH3 is 2. The topological polar surface area (TPSA) is 52.6 Å². The van der Waals surface area contributed by atoms with Gasteiger partial charge in [0, 0.05) is 38.8 Å². The van der Waals surface area contributed by atoms with Crippen LogP contribution in [0.15, 0.2) is 100 Å². The predicted molar refractivity (Wildman–Crippen MR) is 207 cm³/mol. The van der Waals surface area contributed by atoms with E-state index < -0.39 is 0 Å². The summed E-state index contributed by atoms with van der Waals surface area (Å²) >= 11 is 35.0. The number of thiol groups is 1. The first kappa shape index (κ1) is 40.7. The summed E-state index contributed by atoms with van der Waals surface area (Å²) < 4.78 is 13.5. The van der Waals surface area contributed by atoms with Crippen molar-refractivity contribution in [3.05, 3.63) is 123 Å². The zero-order valence-corrected chi connectivity index (χ0v) is 35.0. The average molecular weight is 1010 g/mol. The molecule has 0 atom stereocenters. The first-order valence-corrected chi connectivity index (χ1v) is 19.3. The van der Waals surface area contributed by atoms with E-state index in [1.807, 2.05) is 30.3 Å². The maximum absolute atomic E-state index is 11.3. The molecule has 4 aromatic carbocycles. The van der Waals surface area contributed by atoms with Gasteiger partial charge in [-0.25, -0.2) is 0 Å². The van der Waals surface area contributed by atoms with Crippen LogP contribution in [0, 0.1) is 0 Å². The Labute approximate surface area is 325 Å². The maximum Gasteiger partial charge on any atom is 0.309 e. The highest BCUT2D eigenvalue weighted by atomic mass is 79.9. The van der Waals surface area contributed by atoms with Crippen LogP contribution in [-0.2, 0) is 43.0 Å². The molecule has 4 aromatic rings. The van der Waals surface area contributed by atoms with Gasteiger partial charge in [-0.05, 0) is 82.9 Å². The minimum absolute atomic E-state index is 0.236. The number of thioether (sulfide) groups is 1. The van der Waals surface area contributed by atoms with Gasteiger partial charge >= 0.3 is 11.9 Å². The molecular formula is C32H27Br5Cl2O4S2. The number of hydrogen-bond acceptors (Lipinski definition) is 6. The minimum Gasteiger partial charge on any atom is -0.469 e. The van der Waals surface area contributed by atoms with Crippen molar-refractivity contribution < 1.29 is 19.1 Å². The summed E-state index contributed by atoms with van der Waals surface area (Å²) in [5.74, 6) is 0.270. The molecular weight excluding hydrogens is 983 g/mol. The summed E-state index contributed by atoms with van der Waals surface area (Å²) in [5.41, 5.74) is 4.14. The van der Waals surface area contributed by atoms with Crippen molar-refractivity contribution in [3.63, 3.8) is 0 Å². The third-order valence-electron chi connectivity index (χ3n) is 5.55. The number of hydrogen-bond donors (Lipinski definition) is 1. The fraction of sp³-hybridized carbons (Fsp3) is 0.188. The van der Waals surface area contributed by atoms with E-state index in [0.717, 1.165) is 45.0 Å². The molecule has 0 aliphatic rings. The fourth-order valence-corrected chi connectivity index (χ4v) is 8.11. The van der Waals surface area contributed by atoms with E-state index in [0.29, 0.717) is 14.9 Å². The van der Waals surface area contributed by atoms with E-state index in [2.05, 4.69) is 126 Å². The van der Waals surface area contributed by atoms with Crippen molar-refractivity contribution in [1.29, 1.82) is 0 Å². The third-order valence-corrected chi connectivity index (χ3v) is 10.4. The zero-order chi connectivity index (χ0) is 33.5. The molecule has 0 aliphatic carbocycles. The Balaban J connectivity index is 0.000000259. The number of benzene rings is 4. The van der Waals surface area contributed by atoms with Gasteiger partial charge in [0.15, 0.2) is 0 Å². The van der Waals surface area contributed by atoms with Gasteiger partial charge in [0.1, 0.15) is 0 Å². The Morgan fingerprint density at radius 2 is 1.11 bits per heavy atom. The van der Waals surface area contributed by atoms with E-state index >= 15 is 0 Å². The predicted octanol–water partition coefficient (Wildman–Crippen LogP) is 12.3. The summed E-state index contributed by atoms with van der Waals surface area (Å²) in [4.78, 5) is 23.9. The van der Waals surface area contributed by atoms with E-state index in [9.17, 15) is 9.59 Å². The summed E-state index contributed by atoms with van der Waals surface area (Å²) in [7, 11) is 2.74. The van der Waals surface area contributed by atoms with Gasteiger partial charge in [0.2, 0.25) is 0 Å². The fourth-order valence-electron chi connectivity index (χ4n) is 3.45. The largest absolute Gasteiger partial charge is 0.469 e. The Kier molecular flexibility index (Phi) is 19.4. The second kappa shape index (κ2) is 21.5. The highest BCUT2D eigenvalue weighted by Gasteiger charge is 2.08. The molecule has 0 spiro atoms. The van der Waals surface area contributed by atoms with E-state index in [-0.39, 0.29) is 24.8 Å². The molecule has 13 heteroatoms. The Bertz CT molecular complexity index is 1570. The molecule has 0 saturated carbocycles. The molecule has 0 aromatic heterocycles. The van der Waals surface area contributed by atoms with Gasteiger partial charge in [0.05, 0.1) is 37.1 Å². The van der Waals surface area contributed by atoms with Crippen LogP contribution < -0.4 is 0 Å². The summed E-state index contributed by atoms with van der Waals surface area (Å²) in [6.45, 7) is 0. The minimum atomic E-state index is -0.275. The van der Waals surface area contributed by atoms with Crippen molar-refractivity contribution in [1.82, 2.24) is 0 Å². The lowest BCUT2D eigenvalue weighted by atomic mass is 10.1. The molecule has 0 unspecified atom stereocenters. The number of halogens is 7. The number of alkyl halides is 1. The van der Waals surface area contributed by atoms with Gasteiger partial charge in [-0.2, -0.15) is 0 Å². The molecule has 0 aliphatic heterocycles. The standard InChI is InChI=1S/C16H13Br2ClO2S.C9H9ClO2S.C7H5Br3/c1-21-16(20)7-10-2-3-15(14(19)6-10)22-9-11-4-12(17)8-13(18)5-11;1-12-9(11)5-6-2-3-8(13)7(10)4-6;8-4-5-1-6(9)3-7(10)2-5/h2-6,8H,7,9H2,1H3;2-4,13H,5H2,1H3;1-3H,4H2. The van der Waals surface area contributed by atoms with Gasteiger partial charge < -0.3 is 9.47 Å². The molecule has 0 saturated heterocycles. The Morgan fingerprint density at radius 3 is 1.53 bits per heavy atom. The molecule has 4 nitrogen and oxygen atoms in total. The van der Waals surface area contributed by atoms with Gasteiger partial charge in [-0.15, -0.1) is 24.4 Å². The SMILES string of the molecule is BrCc1cc(Br)cc(Br)c1.COC(=O)Cc1ccc(S)c(Cl)c1.COC(=O)Cc1ccc(SCc2cc(Br)cc(Br)c2)c(Cl)c1. The maximum atomic E-state index is 11.3. The lowest BCUT2D eigenvalue weighted by Gasteiger charge is -2.08. The molecule has 0 N–H and O–H groups in total. The van der Waals surface area contributed by atoms with Gasteiger partial charge in [0.25, 0.3) is 0 Å². The normalized spacial score (nSPS) is 10.2. The average Bonchev–Trinajstić information content (AvgIpc) is 2.98. The van der Waals surface area contributed by atoms with E-state index in [1.54, 1.807) is 30.0 Å². The molecule has 240 valence electrons. The smallest absolute Gasteiger partial charge is 0.309 e. The highest BCUT2D eigenvalue weighted by Crippen LogP contribution is 2.32. The van der Waals surface area contributed by atoms with Crippen molar-refractivity contribution >= 4 is 139 Å². The van der Waals surface area contributed by atoms with Crippen molar-refractivity contribution in [3.8, 4) is 0 Å². The highest BCUT2D eigenvalue weighted by molar-refractivity contribution is 9.11. The Morgan fingerprint density at radius 1 is 0.667 bits per heavy atom. The van der Waals surface area contributed by atoms with Gasteiger partial charge in [-0.1, -0.05) is 115 Å². The van der Waals surface area contributed by atoms with Crippen LogP contribution in [0.25, 0.3) is 0 Å². The number of carbonyl (C=O) groups excluding carboxylic acids is 2. The molecule has 0 amide bonds. The summed E-state index contributed by atoms with van der Waals surface area (Å²) in [6.07, 6.45) is 0.476. The molecule has 4 rings (SSSR count). The zero-order valence-electron chi connectivity index (χ0n) is 23.9. The number of ether oxygens (including phenoxy) is 2. The first-order valence-electron chi connectivity index (χ1n) is 12.8. The van der Waals surface area contributed by atoms with Crippen LogP contribution in [0.5, 0.6) is 0 Å². The molecule has 45 heavy (non-hydrogen) atoms. The number of rotatable bonds is 8. The lowest BCUT2D eigenvalue weighted by Crippen LogP contribution is -2.04. The second-order valence-electron chi connectivity index (χ2n) is 9.03. The third kappa shape index (κ3) is 16.0. The summed E-state index contributed by atoms with van der Waals surface area (Å²) in [6, 6.07) is 23.3. The molecule has 0 radical (unpaired) electrons. The second-order valence-corrected chi connectivity index (χ2v) is 15.6.